The van der Waals surface area contributed by atoms with Crippen molar-refractivity contribution in [2.24, 2.45) is 0 Å². The van der Waals surface area contributed by atoms with E-state index in [2.05, 4.69) is 94.9 Å². The van der Waals surface area contributed by atoms with Gasteiger partial charge in [0.15, 0.2) is 0 Å². The molecule has 2 aromatic carbocycles. The number of hydrogen-bond acceptors (Lipinski definition) is 1. The fourth-order valence-electron chi connectivity index (χ4n) is 1.98. The second kappa shape index (κ2) is 17.0. The topological polar surface area (TPSA) is 40.9 Å². The van der Waals surface area contributed by atoms with Crippen LogP contribution in [0.3, 0.4) is 0 Å². The average molecular weight is 464 g/mol. The van der Waals surface area contributed by atoms with Crippen LogP contribution in [0.15, 0.2) is 66.0 Å². The van der Waals surface area contributed by atoms with Gasteiger partial charge in [-0.05, 0) is 0 Å². The average Bonchev–Trinajstić information content (AvgIpc) is 2.93. The molecule has 0 fully saturated rings. The van der Waals surface area contributed by atoms with Crippen molar-refractivity contribution < 1.29 is 26.5 Å². The monoisotopic (exact) mass is 463 g/mol. The van der Waals surface area contributed by atoms with E-state index in [-0.39, 0.29) is 53.9 Å². The number of hydrogen-bond donors (Lipinski definition) is 0. The summed E-state index contributed by atoms with van der Waals surface area (Å²) in [6.07, 6.45) is 0. The maximum atomic E-state index is 8.47. The Balaban J connectivity index is -0.0000000992. The summed E-state index contributed by atoms with van der Waals surface area (Å²) in [5, 5.41) is 5.39. The van der Waals surface area contributed by atoms with Crippen LogP contribution >= 0.6 is 0 Å². The zero-order valence-corrected chi connectivity index (χ0v) is 23.5. The van der Waals surface area contributed by atoms with Crippen LogP contribution in [0.1, 0.15) is 0 Å². The Morgan fingerprint density at radius 1 is 0.929 bits per heavy atom. The zero-order chi connectivity index (χ0) is 19.0. The van der Waals surface area contributed by atoms with Gasteiger partial charge in [-0.2, -0.15) is 17.5 Å². The van der Waals surface area contributed by atoms with Gasteiger partial charge in [-0.1, -0.05) is 68.9 Å². The number of rotatable bonds is 3. The first-order valence-corrected chi connectivity index (χ1v) is 15.1. The Kier molecular flexibility index (Phi) is 23.0. The maximum absolute atomic E-state index is 8.47. The Morgan fingerprint density at radius 2 is 1.29 bits per heavy atom. The van der Waals surface area contributed by atoms with E-state index in [9.17, 15) is 0 Å². The summed E-state index contributed by atoms with van der Waals surface area (Å²) in [7, 11) is -2.39. The number of carbonyl (C=O) groups is 1. The van der Waals surface area contributed by atoms with Crippen molar-refractivity contribution in [3.8, 4) is 0 Å². The first-order valence-electron chi connectivity index (χ1n) is 8.05. The number of benzene rings is 1. The van der Waals surface area contributed by atoms with Gasteiger partial charge in [-0.3, -0.25) is 0 Å². The molecule has 0 aliphatic rings. The minimum atomic E-state index is -1.19. The summed E-state index contributed by atoms with van der Waals surface area (Å²) < 4.78 is 0. The minimum Gasteiger partial charge on any atom is -0.671 e. The van der Waals surface area contributed by atoms with Crippen molar-refractivity contribution in [2.45, 2.75) is 39.3 Å². The van der Waals surface area contributed by atoms with Crippen molar-refractivity contribution >= 4 is 44.3 Å². The van der Waals surface area contributed by atoms with E-state index in [4.69, 9.17) is 10.5 Å². The minimum absolute atomic E-state index is 0. The van der Waals surface area contributed by atoms with Crippen LogP contribution in [-0.4, -0.2) is 33.5 Å². The number of amides is 1. The van der Waals surface area contributed by atoms with Gasteiger partial charge in [0.2, 0.25) is 0 Å². The number of carbonyl (C=O) groups excluding carboxylic acids is 1. The van der Waals surface area contributed by atoms with E-state index in [0.717, 1.165) is 0 Å². The Hall–Kier alpha value is -0.855. The SMILES string of the molecule is C=C(C(=C)[Si](C)(C)C)[Si](C)(C)C.[CH3-].[CH3-].[NH-]C=O.[Si].[Ti+4].c1ccc2[cH-]ccc2c1. The number of fused-ring (bicyclic) bond motifs is 1. The predicted molar refractivity (Wildman–Crippen MR) is 133 cm³/mol. The van der Waals surface area contributed by atoms with Gasteiger partial charge in [0, 0.05) is 17.4 Å². The molecule has 0 heterocycles. The van der Waals surface area contributed by atoms with E-state index in [1.807, 2.05) is 0 Å². The van der Waals surface area contributed by atoms with Crippen LogP contribution in [0.25, 0.3) is 16.5 Å². The third-order valence-electron chi connectivity index (χ3n) is 3.72. The molecule has 0 saturated carbocycles. The quantitative estimate of drug-likeness (QED) is 0.207. The molecule has 0 aliphatic carbocycles. The summed E-state index contributed by atoms with van der Waals surface area (Å²) in [6.45, 7) is 22.4. The van der Waals surface area contributed by atoms with Gasteiger partial charge in [0.1, 0.15) is 0 Å². The summed E-state index contributed by atoms with van der Waals surface area (Å²) in [6, 6.07) is 14.7. The number of nitrogens with one attached hydrogen (secondary N) is 1. The van der Waals surface area contributed by atoms with Crippen LogP contribution in [0.2, 0.25) is 39.3 Å². The van der Waals surface area contributed by atoms with Crippen molar-refractivity contribution in [1.29, 1.82) is 0 Å². The van der Waals surface area contributed by atoms with Crippen LogP contribution in [0.4, 0.5) is 0 Å². The molecule has 2 nitrogen and oxygen atoms in total. The van der Waals surface area contributed by atoms with Crippen molar-refractivity contribution in [3.63, 3.8) is 0 Å². The molecule has 1 N–H and O–H groups in total. The van der Waals surface area contributed by atoms with Crippen molar-refractivity contribution in [1.82, 2.24) is 0 Å². The largest absolute Gasteiger partial charge is 4.00 e. The molecule has 0 bridgehead atoms. The van der Waals surface area contributed by atoms with Gasteiger partial charge >= 0.3 is 21.7 Å². The molecule has 0 unspecified atom stereocenters. The summed E-state index contributed by atoms with van der Waals surface area (Å²) in [5.74, 6) is 0. The van der Waals surface area contributed by atoms with Crippen molar-refractivity contribution in [2.75, 3.05) is 0 Å². The maximum Gasteiger partial charge on any atom is 4.00 e. The molecular formula is C22H37NOSi3Ti. The van der Waals surface area contributed by atoms with Crippen LogP contribution in [-0.2, 0) is 26.5 Å². The summed E-state index contributed by atoms with van der Waals surface area (Å²) >= 11 is 0. The molecule has 28 heavy (non-hydrogen) atoms. The first-order chi connectivity index (χ1) is 10.9. The fraction of sp³-hybridized carbons (Fsp3) is 0.273. The van der Waals surface area contributed by atoms with E-state index in [0.29, 0.717) is 0 Å². The summed E-state index contributed by atoms with van der Waals surface area (Å²) in [5.41, 5.74) is 5.53. The van der Waals surface area contributed by atoms with Gasteiger partial charge in [-0.15, -0.1) is 29.7 Å². The van der Waals surface area contributed by atoms with Crippen LogP contribution in [0.5, 0.6) is 0 Å². The second-order valence-corrected chi connectivity index (χ2v) is 17.9. The Morgan fingerprint density at radius 3 is 1.61 bits per heavy atom. The number of allylic oxidation sites excluding steroid dienone is 2. The molecule has 0 saturated heterocycles. The van der Waals surface area contributed by atoms with E-state index >= 15 is 0 Å². The molecule has 4 radical (unpaired) electrons. The van der Waals surface area contributed by atoms with Gasteiger partial charge in [0.05, 0.1) is 16.1 Å². The third-order valence-corrected chi connectivity index (χ3v) is 8.20. The molecule has 0 spiro atoms. The zero-order valence-electron chi connectivity index (χ0n) is 18.9. The van der Waals surface area contributed by atoms with Crippen LogP contribution in [0, 0.1) is 14.9 Å². The van der Waals surface area contributed by atoms with Gasteiger partial charge < -0.3 is 25.4 Å². The van der Waals surface area contributed by atoms with E-state index in [1.54, 1.807) is 0 Å². The molecule has 6 heteroatoms. The fourth-order valence-corrected chi connectivity index (χ4v) is 6.04. The van der Waals surface area contributed by atoms with Gasteiger partial charge in [-0.25, -0.2) is 0 Å². The second-order valence-electron chi connectivity index (χ2n) is 7.73. The van der Waals surface area contributed by atoms with Crippen molar-refractivity contribution in [3.05, 3.63) is 86.6 Å². The molecule has 152 valence electrons. The molecule has 2 aromatic rings. The van der Waals surface area contributed by atoms with Gasteiger partial charge in [0.25, 0.3) is 0 Å². The van der Waals surface area contributed by atoms with E-state index in [1.165, 1.54) is 21.2 Å². The molecule has 0 aromatic heterocycles. The Bertz CT molecular complexity index is 629. The predicted octanol–water partition coefficient (Wildman–Crippen LogP) is 7.12. The molecule has 0 atom stereocenters. The third kappa shape index (κ3) is 14.2. The van der Waals surface area contributed by atoms with Crippen LogP contribution < -0.4 is 0 Å². The standard InChI is InChI=1S/C10H22Si2.C9H7.CH3NO.2CH3.Si.Ti/c1-9(11(3,4)5)10(2)12(6,7)8;1-2-5-9-7-3-6-8(9)4-1;2-1-3;;;;/h1-2H2,3-8H3;1-7H;1H,(H2,2,3);2*1H3;;/q;-1;;2*-1;;+4/p-1. The molecule has 0 aliphatic heterocycles. The van der Waals surface area contributed by atoms with E-state index < -0.39 is 16.1 Å². The normalized spacial score (nSPS) is 9.21. The molecule has 1 amide bonds. The summed E-state index contributed by atoms with van der Waals surface area (Å²) in [4.78, 5) is 8.47. The molecule has 2 rings (SSSR count). The molecular weight excluding hydrogens is 426 g/mol. The smallest absolute Gasteiger partial charge is 0.671 e. The first kappa shape index (κ1) is 37.8. The Labute approximate surface area is 196 Å².